The van der Waals surface area contributed by atoms with Crippen molar-refractivity contribution in [3.8, 4) is 0 Å². The molecule has 1 aromatic carbocycles. The lowest BCUT2D eigenvalue weighted by Gasteiger charge is -1.99. The van der Waals surface area contributed by atoms with Gasteiger partial charge in [-0.1, -0.05) is 6.07 Å². The van der Waals surface area contributed by atoms with Gasteiger partial charge in [0.1, 0.15) is 0 Å². The molecule has 10 heavy (non-hydrogen) atoms. The highest BCUT2D eigenvalue weighted by atomic mass is 15.4. The largest absolute Gasteiger partial charge is 0.398 e. The molecular weight excluding hydrogens is 126 g/mol. The van der Waals surface area contributed by atoms with E-state index in [4.69, 9.17) is 5.73 Å². The zero-order valence-electron chi connectivity index (χ0n) is 5.52. The number of rotatable bonds is 0. The first-order valence-corrected chi connectivity index (χ1v) is 3.24. The molecular formula is C7H9N3. The zero-order valence-corrected chi connectivity index (χ0v) is 5.52. The average Bonchev–Trinajstić information content (AvgIpc) is 2.36. The first-order valence-electron chi connectivity index (χ1n) is 3.24. The maximum absolute atomic E-state index is 5.69. The predicted octanol–water partition coefficient (Wildman–Crippen LogP) is 0.699. The van der Waals surface area contributed by atoms with Crippen molar-refractivity contribution >= 4 is 11.4 Å². The van der Waals surface area contributed by atoms with Gasteiger partial charge in [-0.25, -0.2) is 5.43 Å². The molecule has 0 aliphatic carbocycles. The van der Waals surface area contributed by atoms with E-state index in [0.29, 0.717) is 0 Å². The van der Waals surface area contributed by atoms with Crippen LogP contribution in [0.3, 0.4) is 0 Å². The van der Waals surface area contributed by atoms with Crippen molar-refractivity contribution in [3.63, 3.8) is 0 Å². The number of fused-ring (bicyclic) bond motifs is 1. The van der Waals surface area contributed by atoms with E-state index in [0.717, 1.165) is 17.9 Å². The molecule has 1 aliphatic heterocycles. The summed E-state index contributed by atoms with van der Waals surface area (Å²) in [6.45, 7) is 0.821. The molecule has 0 atom stereocenters. The summed E-state index contributed by atoms with van der Waals surface area (Å²) < 4.78 is 0. The molecule has 0 radical (unpaired) electrons. The molecule has 0 fully saturated rings. The Balaban J connectivity index is 2.59. The van der Waals surface area contributed by atoms with Crippen LogP contribution in [0.2, 0.25) is 0 Å². The Kier molecular flexibility index (Phi) is 1.05. The highest BCUT2D eigenvalue weighted by Crippen LogP contribution is 2.24. The first-order chi connectivity index (χ1) is 4.88. The third-order valence-corrected chi connectivity index (χ3v) is 1.70. The van der Waals surface area contributed by atoms with Crippen LogP contribution in [0.5, 0.6) is 0 Å². The van der Waals surface area contributed by atoms with E-state index in [9.17, 15) is 0 Å². The van der Waals surface area contributed by atoms with Crippen LogP contribution in [0.25, 0.3) is 0 Å². The quantitative estimate of drug-likeness (QED) is 0.459. The van der Waals surface area contributed by atoms with Gasteiger partial charge in [0.05, 0.1) is 5.69 Å². The topological polar surface area (TPSA) is 50.1 Å². The lowest BCUT2D eigenvalue weighted by Crippen LogP contribution is -2.10. The second-order valence-corrected chi connectivity index (χ2v) is 2.35. The second kappa shape index (κ2) is 1.88. The maximum atomic E-state index is 5.69. The van der Waals surface area contributed by atoms with E-state index in [1.807, 2.05) is 18.2 Å². The molecule has 0 amide bonds. The molecule has 2 rings (SSSR count). The Morgan fingerprint density at radius 2 is 2.30 bits per heavy atom. The maximum Gasteiger partial charge on any atom is 0.0554 e. The lowest BCUT2D eigenvalue weighted by atomic mass is 10.1. The van der Waals surface area contributed by atoms with E-state index < -0.39 is 0 Å². The fraction of sp³-hybridized carbons (Fsp3) is 0.143. The molecule has 0 aromatic heterocycles. The highest BCUT2D eigenvalue weighted by molar-refractivity contribution is 5.65. The number of nitrogens with two attached hydrogens (primary N) is 1. The molecule has 0 saturated carbocycles. The van der Waals surface area contributed by atoms with E-state index in [1.54, 1.807) is 0 Å². The van der Waals surface area contributed by atoms with Gasteiger partial charge in [-0.2, -0.15) is 0 Å². The molecule has 1 aliphatic rings. The SMILES string of the molecule is Nc1cccc2c1CNN2. The summed E-state index contributed by atoms with van der Waals surface area (Å²) in [6, 6.07) is 5.85. The average molecular weight is 135 g/mol. The van der Waals surface area contributed by atoms with Gasteiger partial charge in [0.2, 0.25) is 0 Å². The molecule has 0 spiro atoms. The van der Waals surface area contributed by atoms with Gasteiger partial charge in [-0.05, 0) is 12.1 Å². The highest BCUT2D eigenvalue weighted by Gasteiger charge is 2.10. The Morgan fingerprint density at radius 1 is 1.40 bits per heavy atom. The molecule has 3 heteroatoms. The van der Waals surface area contributed by atoms with Crippen molar-refractivity contribution in [2.45, 2.75) is 6.54 Å². The molecule has 0 bridgehead atoms. The van der Waals surface area contributed by atoms with Crippen molar-refractivity contribution in [2.24, 2.45) is 0 Å². The molecule has 52 valence electrons. The van der Waals surface area contributed by atoms with Crippen LogP contribution < -0.4 is 16.6 Å². The number of nitrogen functional groups attached to an aromatic ring is 1. The van der Waals surface area contributed by atoms with E-state index in [1.165, 1.54) is 5.56 Å². The first kappa shape index (κ1) is 5.56. The van der Waals surface area contributed by atoms with E-state index >= 15 is 0 Å². The third kappa shape index (κ3) is 0.642. The van der Waals surface area contributed by atoms with Crippen LogP contribution in [-0.2, 0) is 6.54 Å². The summed E-state index contributed by atoms with van der Waals surface area (Å²) >= 11 is 0. The zero-order chi connectivity index (χ0) is 6.97. The van der Waals surface area contributed by atoms with E-state index in [-0.39, 0.29) is 0 Å². The smallest absolute Gasteiger partial charge is 0.0554 e. The summed E-state index contributed by atoms with van der Waals surface area (Å²) in [4.78, 5) is 0. The predicted molar refractivity (Wildman–Crippen MR) is 41.3 cm³/mol. The molecule has 0 unspecified atom stereocenters. The summed E-state index contributed by atoms with van der Waals surface area (Å²) in [6.07, 6.45) is 0. The monoisotopic (exact) mass is 135 g/mol. The number of benzene rings is 1. The molecule has 1 heterocycles. The van der Waals surface area contributed by atoms with Gasteiger partial charge in [0.15, 0.2) is 0 Å². The van der Waals surface area contributed by atoms with Crippen LogP contribution >= 0.6 is 0 Å². The summed E-state index contributed by atoms with van der Waals surface area (Å²) in [5, 5.41) is 0. The van der Waals surface area contributed by atoms with Gasteiger partial charge in [0, 0.05) is 17.8 Å². The van der Waals surface area contributed by atoms with Gasteiger partial charge >= 0.3 is 0 Å². The number of nitrogens with one attached hydrogen (secondary N) is 2. The van der Waals surface area contributed by atoms with Crippen LogP contribution in [0.15, 0.2) is 18.2 Å². The normalized spacial score (nSPS) is 14.4. The minimum absolute atomic E-state index is 0.821. The lowest BCUT2D eigenvalue weighted by molar-refractivity contribution is 0.861. The number of hydrazine groups is 1. The molecule has 3 nitrogen and oxygen atoms in total. The van der Waals surface area contributed by atoms with Gasteiger partial charge in [-0.3, -0.25) is 0 Å². The summed E-state index contributed by atoms with van der Waals surface area (Å²) in [5.41, 5.74) is 14.8. The van der Waals surface area contributed by atoms with Crippen molar-refractivity contribution in [1.29, 1.82) is 0 Å². The van der Waals surface area contributed by atoms with Gasteiger partial charge in [-0.15, -0.1) is 0 Å². The Morgan fingerprint density at radius 3 is 3.10 bits per heavy atom. The fourth-order valence-electron chi connectivity index (χ4n) is 1.15. The molecule has 0 saturated heterocycles. The number of hydrogen-bond acceptors (Lipinski definition) is 3. The minimum atomic E-state index is 0.821. The van der Waals surface area contributed by atoms with Crippen LogP contribution in [0.1, 0.15) is 5.56 Å². The van der Waals surface area contributed by atoms with Crippen molar-refractivity contribution in [1.82, 2.24) is 5.43 Å². The van der Waals surface area contributed by atoms with Crippen LogP contribution in [0.4, 0.5) is 11.4 Å². The number of hydrogen-bond donors (Lipinski definition) is 3. The molecule has 1 aromatic rings. The minimum Gasteiger partial charge on any atom is -0.398 e. The van der Waals surface area contributed by atoms with Gasteiger partial charge < -0.3 is 11.2 Å². The second-order valence-electron chi connectivity index (χ2n) is 2.35. The Hall–Kier alpha value is -1.22. The fourth-order valence-corrected chi connectivity index (χ4v) is 1.15. The van der Waals surface area contributed by atoms with Crippen molar-refractivity contribution in [3.05, 3.63) is 23.8 Å². The summed E-state index contributed by atoms with van der Waals surface area (Å²) in [7, 11) is 0. The van der Waals surface area contributed by atoms with Crippen molar-refractivity contribution < 1.29 is 0 Å². The van der Waals surface area contributed by atoms with Gasteiger partial charge in [0.25, 0.3) is 0 Å². The molecule has 4 N–H and O–H groups in total. The van der Waals surface area contributed by atoms with Crippen molar-refractivity contribution in [2.75, 3.05) is 11.2 Å². The third-order valence-electron chi connectivity index (χ3n) is 1.70. The standard InChI is InChI=1S/C7H9N3/c8-6-2-1-3-7-5(6)4-9-10-7/h1-3,9-10H,4,8H2. The Bertz CT molecular complexity index is 257. The summed E-state index contributed by atoms with van der Waals surface area (Å²) in [5.74, 6) is 0. The number of anilines is 2. The van der Waals surface area contributed by atoms with Crippen LogP contribution in [0, 0.1) is 0 Å². The Labute approximate surface area is 59.2 Å². The van der Waals surface area contributed by atoms with Crippen LogP contribution in [-0.4, -0.2) is 0 Å². The van der Waals surface area contributed by atoms with E-state index in [2.05, 4.69) is 10.9 Å².